The van der Waals surface area contributed by atoms with E-state index in [1.165, 1.54) is 18.2 Å². The molecule has 0 aliphatic carbocycles. The average molecular weight is 449 g/mol. The number of piperazine rings is 1. The summed E-state index contributed by atoms with van der Waals surface area (Å²) in [6, 6.07) is 8.85. The maximum Gasteiger partial charge on any atom is 0.335 e. The van der Waals surface area contributed by atoms with Gasteiger partial charge in [0, 0.05) is 49.6 Å². The molecule has 2 aromatic rings. The number of nitrogens with zero attached hydrogens (tertiary/aromatic N) is 3. The van der Waals surface area contributed by atoms with Crippen LogP contribution in [0.25, 0.3) is 6.08 Å². The Hall–Kier alpha value is -4.05. The third-order valence-electron chi connectivity index (χ3n) is 5.69. The van der Waals surface area contributed by atoms with E-state index in [4.69, 9.17) is 0 Å². The Morgan fingerprint density at radius 2 is 1.73 bits per heavy atom. The maximum atomic E-state index is 13.3. The normalized spacial score (nSPS) is 18.0. The summed E-state index contributed by atoms with van der Waals surface area (Å²) in [5.41, 5.74) is 2.51. The summed E-state index contributed by atoms with van der Waals surface area (Å²) in [7, 11) is 0. The smallest absolute Gasteiger partial charge is 0.335 e. The highest BCUT2D eigenvalue weighted by Crippen LogP contribution is 2.31. The molecular weight excluding hydrogens is 426 g/mol. The number of imide groups is 2. The predicted octanol–water partition coefficient (Wildman–Crippen LogP) is 2.29. The molecule has 0 radical (unpaired) electrons. The first kappa shape index (κ1) is 22.2. The molecule has 2 aliphatic rings. The van der Waals surface area contributed by atoms with Gasteiger partial charge in [-0.3, -0.25) is 25.0 Å². The number of hydrogen-bond donors (Lipinski definition) is 2. The molecule has 2 aliphatic heterocycles. The van der Waals surface area contributed by atoms with Gasteiger partial charge in [-0.1, -0.05) is 12.1 Å². The molecule has 2 N–H and O–H groups in total. The molecule has 0 saturated carbocycles. The molecule has 0 aromatic heterocycles. The minimum atomic E-state index is -0.843. The largest absolute Gasteiger partial charge is 0.368 e. The first-order valence-electron chi connectivity index (χ1n) is 10.5. The van der Waals surface area contributed by atoms with Crippen LogP contribution in [0, 0.1) is 24.0 Å². The number of aryl methyl sites for hydroxylation is 2. The number of benzene rings is 2. The SMILES string of the molecule is Cc1ccc(C)c(N2C(=O)NC(=O)/C(=C/c3cc([N+](=O)[O-])ccc3N3CCNCC3)C2=O)c1. The van der Waals surface area contributed by atoms with Crippen molar-refractivity contribution in [3.05, 3.63) is 68.8 Å². The Labute approximate surface area is 190 Å². The second-order valence-corrected chi connectivity index (χ2v) is 7.99. The van der Waals surface area contributed by atoms with Gasteiger partial charge in [-0.25, -0.2) is 9.69 Å². The summed E-state index contributed by atoms with van der Waals surface area (Å²) >= 11 is 0. The molecule has 10 heteroatoms. The molecule has 2 saturated heterocycles. The van der Waals surface area contributed by atoms with Crippen molar-refractivity contribution in [3.8, 4) is 0 Å². The van der Waals surface area contributed by atoms with E-state index in [-0.39, 0.29) is 11.3 Å². The first-order chi connectivity index (χ1) is 15.8. The fraction of sp³-hybridized carbons (Fsp3) is 0.261. The summed E-state index contributed by atoms with van der Waals surface area (Å²) in [5, 5.41) is 16.8. The summed E-state index contributed by atoms with van der Waals surface area (Å²) in [6.45, 7) is 6.41. The average Bonchev–Trinajstić information content (AvgIpc) is 2.79. The fourth-order valence-electron chi connectivity index (χ4n) is 3.96. The van der Waals surface area contributed by atoms with Gasteiger partial charge in [0.2, 0.25) is 0 Å². The van der Waals surface area contributed by atoms with E-state index in [2.05, 4.69) is 10.6 Å². The minimum Gasteiger partial charge on any atom is -0.368 e. The van der Waals surface area contributed by atoms with Gasteiger partial charge >= 0.3 is 6.03 Å². The van der Waals surface area contributed by atoms with E-state index in [0.717, 1.165) is 23.6 Å². The van der Waals surface area contributed by atoms with Crippen molar-refractivity contribution in [1.82, 2.24) is 10.6 Å². The van der Waals surface area contributed by atoms with Crippen molar-refractivity contribution in [3.63, 3.8) is 0 Å². The van der Waals surface area contributed by atoms with E-state index in [1.54, 1.807) is 25.1 Å². The summed E-state index contributed by atoms with van der Waals surface area (Å²) in [5.74, 6) is -1.63. The molecule has 4 amide bonds. The van der Waals surface area contributed by atoms with Crippen LogP contribution in [0.4, 0.5) is 21.9 Å². The minimum absolute atomic E-state index is 0.160. The number of anilines is 2. The summed E-state index contributed by atoms with van der Waals surface area (Å²) in [6.07, 6.45) is 1.33. The molecule has 10 nitrogen and oxygen atoms in total. The summed E-state index contributed by atoms with van der Waals surface area (Å²) in [4.78, 5) is 52.4. The van der Waals surface area contributed by atoms with E-state index >= 15 is 0 Å². The van der Waals surface area contributed by atoms with Crippen LogP contribution >= 0.6 is 0 Å². The van der Waals surface area contributed by atoms with Gasteiger partial charge in [0.1, 0.15) is 5.57 Å². The van der Waals surface area contributed by atoms with Crippen molar-refractivity contribution in [2.24, 2.45) is 0 Å². The second kappa shape index (κ2) is 8.83. The van der Waals surface area contributed by atoms with Crippen molar-refractivity contribution >= 4 is 41.0 Å². The molecule has 2 aromatic carbocycles. The number of carbonyl (C=O) groups excluding carboxylic acids is 3. The highest BCUT2D eigenvalue weighted by molar-refractivity contribution is 6.39. The van der Waals surface area contributed by atoms with Gasteiger partial charge in [0.25, 0.3) is 17.5 Å². The van der Waals surface area contributed by atoms with Crippen LogP contribution in [0.3, 0.4) is 0 Å². The highest BCUT2D eigenvalue weighted by atomic mass is 16.6. The number of barbiturate groups is 1. The quantitative estimate of drug-likeness (QED) is 0.318. The van der Waals surface area contributed by atoms with Crippen molar-refractivity contribution in [2.75, 3.05) is 36.0 Å². The van der Waals surface area contributed by atoms with Crippen LogP contribution in [0.1, 0.15) is 16.7 Å². The molecule has 0 unspecified atom stereocenters. The highest BCUT2D eigenvalue weighted by Gasteiger charge is 2.37. The van der Waals surface area contributed by atoms with Crippen LogP contribution in [-0.2, 0) is 9.59 Å². The predicted molar refractivity (Wildman–Crippen MR) is 123 cm³/mol. The van der Waals surface area contributed by atoms with Gasteiger partial charge in [0.15, 0.2) is 0 Å². The van der Waals surface area contributed by atoms with E-state index in [1.807, 2.05) is 17.9 Å². The lowest BCUT2D eigenvalue weighted by Gasteiger charge is -2.31. The third-order valence-corrected chi connectivity index (χ3v) is 5.69. The Kier molecular flexibility index (Phi) is 5.93. The lowest BCUT2D eigenvalue weighted by molar-refractivity contribution is -0.384. The Balaban J connectivity index is 1.81. The van der Waals surface area contributed by atoms with Crippen LogP contribution < -0.4 is 20.4 Å². The Bertz CT molecular complexity index is 1200. The number of rotatable bonds is 4. The molecule has 0 bridgehead atoms. The molecule has 2 fully saturated rings. The maximum absolute atomic E-state index is 13.3. The first-order valence-corrected chi connectivity index (χ1v) is 10.5. The molecular formula is C23H23N5O5. The number of non-ortho nitro benzene ring substituents is 1. The number of nitrogens with one attached hydrogen (secondary N) is 2. The number of nitro groups is 1. The van der Waals surface area contributed by atoms with E-state index in [9.17, 15) is 24.5 Å². The monoisotopic (exact) mass is 449 g/mol. The zero-order valence-electron chi connectivity index (χ0n) is 18.3. The summed E-state index contributed by atoms with van der Waals surface area (Å²) < 4.78 is 0. The standard InChI is InChI=1S/C23H23N5O5/c1-14-3-4-15(2)20(11-14)27-22(30)18(21(29)25-23(27)31)13-16-12-17(28(32)33)5-6-19(16)26-9-7-24-8-10-26/h3-6,11-13,24H,7-10H2,1-2H3,(H,25,29,31)/b18-13-. The van der Waals surface area contributed by atoms with Crippen molar-refractivity contribution < 1.29 is 19.3 Å². The molecule has 170 valence electrons. The van der Waals surface area contributed by atoms with Crippen LogP contribution in [-0.4, -0.2) is 48.9 Å². The molecule has 2 heterocycles. The molecule has 0 spiro atoms. The Morgan fingerprint density at radius 3 is 2.42 bits per heavy atom. The van der Waals surface area contributed by atoms with Gasteiger partial charge in [-0.15, -0.1) is 0 Å². The number of amides is 4. The van der Waals surface area contributed by atoms with Gasteiger partial charge in [-0.2, -0.15) is 0 Å². The molecule has 0 atom stereocenters. The third kappa shape index (κ3) is 4.33. The van der Waals surface area contributed by atoms with Gasteiger partial charge in [0.05, 0.1) is 10.6 Å². The second-order valence-electron chi connectivity index (χ2n) is 7.99. The number of urea groups is 1. The van der Waals surface area contributed by atoms with E-state index < -0.39 is 22.8 Å². The number of nitro benzene ring substituents is 1. The molecule has 33 heavy (non-hydrogen) atoms. The zero-order chi connectivity index (χ0) is 23.7. The number of hydrogen-bond acceptors (Lipinski definition) is 7. The molecule has 4 rings (SSSR count). The lowest BCUT2D eigenvalue weighted by atomic mass is 10.0. The van der Waals surface area contributed by atoms with Gasteiger partial charge < -0.3 is 10.2 Å². The zero-order valence-corrected chi connectivity index (χ0v) is 18.3. The van der Waals surface area contributed by atoms with E-state index in [0.29, 0.717) is 35.6 Å². The fourth-order valence-corrected chi connectivity index (χ4v) is 3.96. The van der Waals surface area contributed by atoms with Crippen molar-refractivity contribution in [2.45, 2.75) is 13.8 Å². The topological polar surface area (TPSA) is 125 Å². The van der Waals surface area contributed by atoms with Crippen LogP contribution in [0.5, 0.6) is 0 Å². The van der Waals surface area contributed by atoms with Crippen molar-refractivity contribution in [1.29, 1.82) is 0 Å². The van der Waals surface area contributed by atoms with Crippen LogP contribution in [0.2, 0.25) is 0 Å². The number of carbonyl (C=O) groups is 3. The lowest BCUT2D eigenvalue weighted by Crippen LogP contribution is -2.54. The van der Waals surface area contributed by atoms with Gasteiger partial charge in [-0.05, 0) is 43.2 Å². The van der Waals surface area contributed by atoms with Crippen LogP contribution in [0.15, 0.2) is 42.0 Å². The Morgan fingerprint density at radius 1 is 1.00 bits per heavy atom.